The number of anilines is 1. The van der Waals surface area contributed by atoms with Gasteiger partial charge in [-0.2, -0.15) is 24.3 Å². The number of hydrogen-bond acceptors (Lipinski definition) is 2. The van der Waals surface area contributed by atoms with Gasteiger partial charge in [0.1, 0.15) is 0 Å². The number of nitrogens with zero attached hydrogens (tertiary/aromatic N) is 1. The van der Waals surface area contributed by atoms with E-state index in [9.17, 15) is 0 Å². The summed E-state index contributed by atoms with van der Waals surface area (Å²) in [7, 11) is 0. The third kappa shape index (κ3) is 3.88. The molecular formula is C13H10N2Y-2. The molecule has 0 aliphatic heterocycles. The van der Waals surface area contributed by atoms with Gasteiger partial charge in [0.25, 0.3) is 0 Å². The van der Waals surface area contributed by atoms with Crippen molar-refractivity contribution in [1.82, 2.24) is 0 Å². The molecule has 0 unspecified atom stereocenters. The van der Waals surface area contributed by atoms with Crippen molar-refractivity contribution < 1.29 is 32.7 Å². The van der Waals surface area contributed by atoms with E-state index in [1.54, 1.807) is 0 Å². The second-order valence-corrected chi connectivity index (χ2v) is 3.09. The Morgan fingerprint density at radius 3 is 2.44 bits per heavy atom. The van der Waals surface area contributed by atoms with Gasteiger partial charge in [0.15, 0.2) is 0 Å². The summed E-state index contributed by atoms with van der Waals surface area (Å²) in [6, 6.07) is 17.9. The Balaban J connectivity index is 0.00000128. The van der Waals surface area contributed by atoms with Crippen LogP contribution in [0.2, 0.25) is 0 Å². The first-order valence-corrected chi connectivity index (χ1v) is 4.63. The van der Waals surface area contributed by atoms with Crippen LogP contribution in [0.1, 0.15) is 5.56 Å². The van der Waals surface area contributed by atoms with Gasteiger partial charge < -0.3 is 10.7 Å². The molecule has 0 atom stereocenters. The number of benzene rings is 2. The summed E-state index contributed by atoms with van der Waals surface area (Å²) in [6.07, 6.45) is 2.93. The van der Waals surface area contributed by atoms with Gasteiger partial charge in [-0.15, -0.1) is 23.4 Å². The molecule has 0 saturated carbocycles. The fraction of sp³-hybridized carbons (Fsp3) is 0. The van der Waals surface area contributed by atoms with Gasteiger partial charge in [0, 0.05) is 38.4 Å². The maximum absolute atomic E-state index is 5.57. The van der Waals surface area contributed by atoms with E-state index < -0.39 is 0 Å². The Morgan fingerprint density at radius 2 is 1.81 bits per heavy atom. The maximum Gasteiger partial charge on any atom is 0.0127 e. The number of para-hydroxylation sites is 1. The average Bonchev–Trinajstić information content (AvgIpc) is 2.30. The molecular weight excluding hydrogens is 273 g/mol. The van der Waals surface area contributed by atoms with Crippen LogP contribution in [0.5, 0.6) is 0 Å². The van der Waals surface area contributed by atoms with Crippen molar-refractivity contribution in [3.8, 4) is 0 Å². The standard InChI is InChI=1S/C13H10N2.Y/c14-12-8-6-11(7-9-12)10-15-13-4-2-1-3-5-13;/h1-4,6-9H,14H2;/q-2;. The van der Waals surface area contributed by atoms with E-state index in [0.717, 1.165) is 16.9 Å². The summed E-state index contributed by atoms with van der Waals surface area (Å²) in [5.41, 5.74) is 7.99. The van der Waals surface area contributed by atoms with E-state index in [1.807, 2.05) is 48.5 Å². The molecule has 16 heavy (non-hydrogen) atoms. The van der Waals surface area contributed by atoms with Gasteiger partial charge in [0.05, 0.1) is 0 Å². The van der Waals surface area contributed by atoms with E-state index in [0.29, 0.717) is 0 Å². The Hall–Kier alpha value is -0.986. The topological polar surface area (TPSA) is 38.4 Å². The van der Waals surface area contributed by atoms with Crippen molar-refractivity contribution in [3.05, 3.63) is 60.2 Å². The molecule has 77 valence electrons. The summed E-state index contributed by atoms with van der Waals surface area (Å²) in [5, 5.41) is 0. The summed E-state index contributed by atoms with van der Waals surface area (Å²) < 4.78 is 0. The van der Waals surface area contributed by atoms with Gasteiger partial charge in [-0.25, -0.2) is 6.07 Å². The van der Waals surface area contributed by atoms with Gasteiger partial charge in [0.2, 0.25) is 0 Å². The van der Waals surface area contributed by atoms with Crippen molar-refractivity contribution in [2.24, 2.45) is 4.99 Å². The predicted octanol–water partition coefficient (Wildman–Crippen LogP) is 2.69. The molecule has 3 heteroatoms. The number of nitrogen functional groups attached to an aromatic ring is 1. The second kappa shape index (κ2) is 6.56. The molecule has 0 saturated heterocycles. The molecule has 0 aliphatic rings. The fourth-order valence-corrected chi connectivity index (χ4v) is 1.14. The van der Waals surface area contributed by atoms with Crippen LogP contribution in [-0.2, 0) is 32.7 Å². The Morgan fingerprint density at radius 1 is 1.06 bits per heavy atom. The molecule has 2 nitrogen and oxygen atoms in total. The van der Waals surface area contributed by atoms with Crippen molar-refractivity contribution in [1.29, 1.82) is 0 Å². The Kier molecular flexibility index (Phi) is 5.37. The average molecular weight is 283 g/mol. The summed E-state index contributed by atoms with van der Waals surface area (Å²) in [4.78, 5) is 4.16. The SMILES string of the molecule is Nc1ccc([C-]=Nc2[c-]cccc2)cc1.[Y]. The number of nitrogens with two attached hydrogens (primary N) is 1. The first-order chi connectivity index (χ1) is 7.34. The zero-order valence-electron chi connectivity index (χ0n) is 8.72. The van der Waals surface area contributed by atoms with Crippen LogP contribution in [-0.4, -0.2) is 6.21 Å². The smallest absolute Gasteiger partial charge is 0.0127 e. The quantitative estimate of drug-likeness (QED) is 0.513. The van der Waals surface area contributed by atoms with Crippen LogP contribution in [0.15, 0.2) is 53.5 Å². The molecule has 2 aromatic rings. The van der Waals surface area contributed by atoms with Crippen LogP contribution in [0, 0.1) is 6.07 Å². The third-order valence-electron chi connectivity index (χ3n) is 1.91. The first-order valence-electron chi connectivity index (χ1n) is 4.63. The van der Waals surface area contributed by atoms with Crippen LogP contribution in [0.4, 0.5) is 11.4 Å². The van der Waals surface area contributed by atoms with Crippen LogP contribution in [0.3, 0.4) is 0 Å². The molecule has 2 aromatic carbocycles. The second-order valence-electron chi connectivity index (χ2n) is 3.09. The van der Waals surface area contributed by atoms with E-state index in [1.165, 1.54) is 0 Å². The minimum atomic E-state index is 0. The van der Waals surface area contributed by atoms with Gasteiger partial charge in [-0.05, 0) is 6.21 Å². The van der Waals surface area contributed by atoms with Crippen molar-refractivity contribution in [2.45, 2.75) is 0 Å². The number of rotatable bonds is 2. The molecule has 0 amide bonds. The zero-order valence-corrected chi connectivity index (χ0v) is 11.6. The van der Waals surface area contributed by atoms with Crippen LogP contribution in [0.25, 0.3) is 0 Å². The van der Waals surface area contributed by atoms with E-state index in [-0.39, 0.29) is 32.7 Å². The minimum Gasteiger partial charge on any atom is -0.400 e. The van der Waals surface area contributed by atoms with Crippen LogP contribution >= 0.6 is 0 Å². The third-order valence-corrected chi connectivity index (χ3v) is 1.91. The summed E-state index contributed by atoms with van der Waals surface area (Å²) in [5.74, 6) is 0. The molecule has 0 heterocycles. The normalized spacial score (nSPS) is 10.0. The monoisotopic (exact) mass is 283 g/mol. The molecule has 0 aliphatic carbocycles. The Bertz CT molecular complexity index is 449. The van der Waals surface area contributed by atoms with E-state index in [2.05, 4.69) is 17.3 Å². The zero-order chi connectivity index (χ0) is 10.5. The molecule has 2 N–H and O–H groups in total. The van der Waals surface area contributed by atoms with Crippen LogP contribution < -0.4 is 5.73 Å². The molecule has 0 spiro atoms. The number of hydrogen-bond donors (Lipinski definition) is 1. The molecule has 0 bridgehead atoms. The summed E-state index contributed by atoms with van der Waals surface area (Å²) in [6.45, 7) is 0. The molecule has 0 aromatic heterocycles. The molecule has 2 rings (SSSR count). The maximum atomic E-state index is 5.57. The minimum absolute atomic E-state index is 0. The van der Waals surface area contributed by atoms with Gasteiger partial charge in [-0.1, -0.05) is 12.1 Å². The van der Waals surface area contributed by atoms with Crippen molar-refractivity contribution in [2.75, 3.05) is 5.73 Å². The van der Waals surface area contributed by atoms with Gasteiger partial charge in [-0.3, -0.25) is 0 Å². The molecule has 1 radical (unpaired) electrons. The predicted molar refractivity (Wildman–Crippen MR) is 62.3 cm³/mol. The van der Waals surface area contributed by atoms with Crippen molar-refractivity contribution in [3.63, 3.8) is 0 Å². The van der Waals surface area contributed by atoms with E-state index >= 15 is 0 Å². The van der Waals surface area contributed by atoms with Crippen molar-refractivity contribution >= 4 is 17.6 Å². The summed E-state index contributed by atoms with van der Waals surface area (Å²) >= 11 is 0. The first kappa shape index (κ1) is 13.1. The number of aliphatic imine (C=N–C) groups is 1. The van der Waals surface area contributed by atoms with Gasteiger partial charge >= 0.3 is 0 Å². The Labute approximate surface area is 120 Å². The molecule has 0 fully saturated rings. The largest absolute Gasteiger partial charge is 0.400 e. The fourth-order valence-electron chi connectivity index (χ4n) is 1.14. The van der Waals surface area contributed by atoms with E-state index in [4.69, 9.17) is 5.73 Å².